The van der Waals surface area contributed by atoms with Gasteiger partial charge >= 0.3 is 0 Å². The number of fused-ring (bicyclic) bond motifs is 1. The van der Waals surface area contributed by atoms with Gasteiger partial charge < -0.3 is 5.73 Å². The van der Waals surface area contributed by atoms with Crippen molar-refractivity contribution in [3.63, 3.8) is 0 Å². The smallest absolute Gasteiger partial charge is 0.105 e. The number of aryl methyl sites for hydroxylation is 1. The summed E-state index contributed by atoms with van der Waals surface area (Å²) in [5.74, 6) is 0. The van der Waals surface area contributed by atoms with Gasteiger partial charge in [-0.3, -0.25) is 0 Å². The fraction of sp³-hybridized carbons (Fsp3) is 0.278. The van der Waals surface area contributed by atoms with Crippen LogP contribution in [0, 0.1) is 18.3 Å². The van der Waals surface area contributed by atoms with Crippen LogP contribution in [-0.4, -0.2) is 0 Å². The molecule has 2 aromatic heterocycles. The minimum absolute atomic E-state index is 0.0160. The van der Waals surface area contributed by atoms with Gasteiger partial charge in [0.05, 0.1) is 5.56 Å². The number of nitrogen functional groups attached to an aromatic ring is 1. The van der Waals surface area contributed by atoms with E-state index in [0.29, 0.717) is 10.6 Å². The molecule has 3 rings (SSSR count). The average Bonchev–Trinajstić information content (AvgIpc) is 2.99. The summed E-state index contributed by atoms with van der Waals surface area (Å²) in [5.41, 5.74) is 10.2. The van der Waals surface area contributed by atoms with E-state index in [1.165, 1.54) is 20.9 Å². The van der Waals surface area contributed by atoms with Crippen LogP contribution < -0.4 is 5.73 Å². The second-order valence-electron chi connectivity index (χ2n) is 6.28. The van der Waals surface area contributed by atoms with E-state index in [4.69, 9.17) is 5.73 Å². The summed E-state index contributed by atoms with van der Waals surface area (Å²) in [4.78, 5) is 2.51. The molecule has 0 spiro atoms. The van der Waals surface area contributed by atoms with Crippen LogP contribution in [0.3, 0.4) is 0 Å². The highest BCUT2D eigenvalue weighted by Crippen LogP contribution is 2.46. The van der Waals surface area contributed by atoms with Crippen molar-refractivity contribution in [2.24, 2.45) is 0 Å². The molecule has 0 unspecified atom stereocenters. The average molecular weight is 326 g/mol. The maximum atomic E-state index is 9.37. The highest BCUT2D eigenvalue weighted by molar-refractivity contribution is 7.16. The minimum Gasteiger partial charge on any atom is -0.389 e. The van der Waals surface area contributed by atoms with Crippen LogP contribution in [0.25, 0.3) is 12.2 Å². The normalized spacial score (nSPS) is 16.4. The first kappa shape index (κ1) is 15.1. The highest BCUT2D eigenvalue weighted by atomic mass is 32.1. The molecule has 0 saturated heterocycles. The van der Waals surface area contributed by atoms with Gasteiger partial charge in [0.1, 0.15) is 11.1 Å². The Bertz CT molecular complexity index is 826. The lowest BCUT2D eigenvalue weighted by molar-refractivity contribution is 0.531. The van der Waals surface area contributed by atoms with Gasteiger partial charge in [0.25, 0.3) is 0 Å². The zero-order valence-corrected chi connectivity index (χ0v) is 14.6. The Kier molecular flexibility index (Phi) is 3.72. The summed E-state index contributed by atoms with van der Waals surface area (Å²) in [5, 5.41) is 12.1. The van der Waals surface area contributed by atoms with Crippen molar-refractivity contribution in [2.75, 3.05) is 5.73 Å². The summed E-state index contributed by atoms with van der Waals surface area (Å²) in [6.07, 6.45) is 7.45. The molecule has 112 valence electrons. The van der Waals surface area contributed by atoms with Crippen LogP contribution in [0.5, 0.6) is 0 Å². The first-order chi connectivity index (χ1) is 10.4. The molecule has 22 heavy (non-hydrogen) atoms. The maximum Gasteiger partial charge on any atom is 0.105 e. The molecule has 1 aliphatic rings. The first-order valence-corrected chi connectivity index (χ1v) is 8.87. The zero-order valence-electron chi connectivity index (χ0n) is 12.9. The van der Waals surface area contributed by atoms with Crippen molar-refractivity contribution in [3.8, 4) is 6.07 Å². The Labute approximate surface area is 139 Å². The molecular formula is C18H18N2S2. The molecule has 0 saturated carbocycles. The van der Waals surface area contributed by atoms with E-state index >= 15 is 0 Å². The van der Waals surface area contributed by atoms with Crippen LogP contribution in [0.1, 0.15) is 46.7 Å². The Morgan fingerprint density at radius 1 is 1.36 bits per heavy atom. The molecule has 2 N–H and O–H groups in total. The van der Waals surface area contributed by atoms with Gasteiger partial charge in [0.15, 0.2) is 0 Å². The molecular weight excluding hydrogens is 308 g/mol. The van der Waals surface area contributed by atoms with Gasteiger partial charge in [0.2, 0.25) is 0 Å². The van der Waals surface area contributed by atoms with E-state index in [9.17, 15) is 5.26 Å². The summed E-state index contributed by atoms with van der Waals surface area (Å²) < 4.78 is 0. The number of hydrogen-bond acceptors (Lipinski definition) is 4. The van der Waals surface area contributed by atoms with Crippen molar-refractivity contribution < 1.29 is 0 Å². The quantitative estimate of drug-likeness (QED) is 0.808. The first-order valence-electron chi connectivity index (χ1n) is 7.18. The SMILES string of the molecule is Cc1ccsc1/C=C/C1=Cc2c(sc(N)c2C#N)C(C)(C)C1. The third kappa shape index (κ3) is 2.51. The lowest BCUT2D eigenvalue weighted by Gasteiger charge is -2.29. The molecule has 0 fully saturated rings. The fourth-order valence-corrected chi connectivity index (χ4v) is 4.81. The van der Waals surface area contributed by atoms with Gasteiger partial charge in [-0.15, -0.1) is 22.7 Å². The number of allylic oxidation sites excluding steroid dienone is 2. The number of hydrogen-bond donors (Lipinski definition) is 1. The zero-order chi connectivity index (χ0) is 15.9. The summed E-state index contributed by atoms with van der Waals surface area (Å²) in [6, 6.07) is 4.39. The number of nitrogens with two attached hydrogens (primary N) is 1. The van der Waals surface area contributed by atoms with Gasteiger partial charge in [-0.25, -0.2) is 0 Å². The van der Waals surface area contributed by atoms with E-state index in [2.05, 4.69) is 56.5 Å². The molecule has 4 heteroatoms. The lowest BCUT2D eigenvalue weighted by atomic mass is 9.77. The number of thiophene rings is 2. The molecule has 1 aliphatic carbocycles. The summed E-state index contributed by atoms with van der Waals surface area (Å²) in [7, 11) is 0. The van der Waals surface area contributed by atoms with Crippen molar-refractivity contribution in [3.05, 3.63) is 49.5 Å². The molecule has 0 radical (unpaired) electrons. The number of rotatable bonds is 2. The minimum atomic E-state index is 0.0160. The van der Waals surface area contributed by atoms with E-state index in [0.717, 1.165) is 12.0 Å². The molecule has 0 atom stereocenters. The van der Waals surface area contributed by atoms with Crippen LogP contribution >= 0.6 is 22.7 Å². The Morgan fingerprint density at radius 3 is 2.77 bits per heavy atom. The van der Waals surface area contributed by atoms with Crippen LogP contribution in [0.4, 0.5) is 5.00 Å². The Morgan fingerprint density at radius 2 is 2.14 bits per heavy atom. The van der Waals surface area contributed by atoms with E-state index < -0.39 is 0 Å². The van der Waals surface area contributed by atoms with E-state index in [-0.39, 0.29) is 5.41 Å². The molecule has 2 nitrogen and oxygen atoms in total. The molecule has 2 aromatic rings. The largest absolute Gasteiger partial charge is 0.389 e. The molecule has 0 amide bonds. The third-order valence-electron chi connectivity index (χ3n) is 4.03. The maximum absolute atomic E-state index is 9.37. The van der Waals surface area contributed by atoms with Gasteiger partial charge in [-0.2, -0.15) is 5.26 Å². The van der Waals surface area contributed by atoms with Crippen LogP contribution in [0.2, 0.25) is 0 Å². The van der Waals surface area contributed by atoms with Crippen molar-refractivity contribution in [1.29, 1.82) is 5.26 Å². The monoisotopic (exact) mass is 326 g/mol. The summed E-state index contributed by atoms with van der Waals surface area (Å²) in [6.45, 7) is 6.57. The van der Waals surface area contributed by atoms with Crippen molar-refractivity contribution in [1.82, 2.24) is 0 Å². The van der Waals surface area contributed by atoms with Gasteiger partial charge in [0, 0.05) is 20.7 Å². The number of nitrogens with zero attached hydrogens (tertiary/aromatic N) is 1. The predicted octanol–water partition coefficient (Wildman–Crippen LogP) is 5.35. The standard InChI is InChI=1S/C18H18N2S2/c1-11-6-7-21-15(11)5-4-12-8-13-14(10-19)17(20)22-16(13)18(2,3)9-12/h4-8H,9,20H2,1-3H3/b5-4+. The van der Waals surface area contributed by atoms with Crippen molar-refractivity contribution in [2.45, 2.75) is 32.6 Å². The summed E-state index contributed by atoms with van der Waals surface area (Å²) >= 11 is 3.31. The Hall–Kier alpha value is -1.83. The van der Waals surface area contributed by atoms with Gasteiger partial charge in [-0.1, -0.05) is 19.9 Å². The Balaban J connectivity index is 2.04. The predicted molar refractivity (Wildman–Crippen MR) is 97.2 cm³/mol. The van der Waals surface area contributed by atoms with Crippen LogP contribution in [-0.2, 0) is 5.41 Å². The topological polar surface area (TPSA) is 49.8 Å². The number of anilines is 1. The highest BCUT2D eigenvalue weighted by Gasteiger charge is 2.32. The molecule has 0 bridgehead atoms. The van der Waals surface area contributed by atoms with E-state index in [1.807, 2.05) is 0 Å². The fourth-order valence-electron chi connectivity index (χ4n) is 2.89. The van der Waals surface area contributed by atoms with E-state index in [1.54, 1.807) is 22.7 Å². The molecule has 0 aromatic carbocycles. The van der Waals surface area contributed by atoms with Crippen LogP contribution in [0.15, 0.2) is 23.1 Å². The second kappa shape index (κ2) is 5.42. The number of nitriles is 1. The van der Waals surface area contributed by atoms with Gasteiger partial charge in [-0.05, 0) is 48.1 Å². The second-order valence-corrected chi connectivity index (χ2v) is 8.28. The van der Waals surface area contributed by atoms with Crippen molar-refractivity contribution >= 4 is 39.8 Å². The third-order valence-corrected chi connectivity index (χ3v) is 6.41. The lowest BCUT2D eigenvalue weighted by Crippen LogP contribution is -2.20. The molecule has 0 aliphatic heterocycles. The molecule has 2 heterocycles.